The Morgan fingerprint density at radius 3 is 2.39 bits per heavy atom. The molecule has 0 aliphatic heterocycles. The number of rotatable bonds is 6. The monoisotopic (exact) mass is 312 g/mol. The molecule has 2 N–H and O–H groups in total. The van der Waals surface area contributed by atoms with Crippen molar-refractivity contribution >= 4 is 6.03 Å². The van der Waals surface area contributed by atoms with Crippen LogP contribution < -0.4 is 5.32 Å². The second-order valence-electron chi connectivity index (χ2n) is 5.90. The lowest BCUT2D eigenvalue weighted by molar-refractivity contribution is 0.203. The number of carbonyl (C=O) groups excluding carboxylic acids is 1. The van der Waals surface area contributed by atoms with E-state index in [9.17, 15) is 9.90 Å². The molecule has 0 saturated carbocycles. The highest BCUT2D eigenvalue weighted by molar-refractivity contribution is 5.74. The molecule has 4 nitrogen and oxygen atoms in total. The van der Waals surface area contributed by atoms with Crippen LogP contribution >= 0.6 is 0 Å². The Morgan fingerprint density at radius 2 is 1.74 bits per heavy atom. The molecule has 0 aromatic heterocycles. The van der Waals surface area contributed by atoms with Gasteiger partial charge in [-0.25, -0.2) is 4.79 Å². The lowest BCUT2D eigenvalue weighted by Crippen LogP contribution is -2.41. The molecule has 0 fully saturated rings. The number of aryl methyl sites for hydroxylation is 1. The second kappa shape index (κ2) is 8.22. The molecule has 4 heteroatoms. The van der Waals surface area contributed by atoms with Crippen LogP contribution in [0.3, 0.4) is 0 Å². The quantitative estimate of drug-likeness (QED) is 0.857. The molecule has 0 heterocycles. The third kappa shape index (κ3) is 5.66. The molecule has 0 radical (unpaired) electrons. The predicted molar refractivity (Wildman–Crippen MR) is 92.3 cm³/mol. The minimum absolute atomic E-state index is 0.0629. The van der Waals surface area contributed by atoms with E-state index in [4.69, 9.17) is 0 Å². The molecule has 1 atom stereocenters. The summed E-state index contributed by atoms with van der Waals surface area (Å²) in [6.07, 6.45) is 1.72. The molecule has 0 aliphatic carbocycles. The van der Waals surface area contributed by atoms with Gasteiger partial charge in [0, 0.05) is 19.6 Å². The van der Waals surface area contributed by atoms with Gasteiger partial charge in [-0.3, -0.25) is 0 Å². The molecule has 0 spiro atoms. The maximum Gasteiger partial charge on any atom is 0.317 e. The van der Waals surface area contributed by atoms with Crippen molar-refractivity contribution in [2.75, 3.05) is 7.05 Å². The highest BCUT2D eigenvalue weighted by Gasteiger charge is 2.12. The first kappa shape index (κ1) is 16.9. The van der Waals surface area contributed by atoms with E-state index in [0.29, 0.717) is 6.54 Å². The van der Waals surface area contributed by atoms with Crippen LogP contribution in [0, 0.1) is 0 Å². The van der Waals surface area contributed by atoms with Crippen molar-refractivity contribution in [3.63, 3.8) is 0 Å². The summed E-state index contributed by atoms with van der Waals surface area (Å²) in [4.78, 5) is 13.9. The number of urea groups is 1. The molecule has 0 saturated heterocycles. The standard InChI is InChI=1S/C19H24N2O2/c1-15(8-9-16-10-12-18(22)13-11-16)20-19(23)21(2)14-17-6-4-3-5-7-17/h3-7,10-13,15,22H,8-9,14H2,1-2H3,(H,20,23). The first-order chi connectivity index (χ1) is 11.0. The van der Waals surface area contributed by atoms with Gasteiger partial charge in [0.15, 0.2) is 0 Å². The lowest BCUT2D eigenvalue weighted by atomic mass is 10.1. The minimum atomic E-state index is -0.0629. The molecule has 2 rings (SSSR count). The van der Waals surface area contributed by atoms with Gasteiger partial charge in [-0.1, -0.05) is 42.5 Å². The Kier molecular flexibility index (Phi) is 6.03. The van der Waals surface area contributed by atoms with Gasteiger partial charge in [-0.2, -0.15) is 0 Å². The van der Waals surface area contributed by atoms with Crippen molar-refractivity contribution < 1.29 is 9.90 Å². The summed E-state index contributed by atoms with van der Waals surface area (Å²) in [7, 11) is 1.80. The van der Waals surface area contributed by atoms with Crippen molar-refractivity contribution in [3.05, 3.63) is 65.7 Å². The minimum Gasteiger partial charge on any atom is -0.508 e. The fourth-order valence-corrected chi connectivity index (χ4v) is 2.37. The molecule has 122 valence electrons. The van der Waals surface area contributed by atoms with E-state index >= 15 is 0 Å². The zero-order valence-corrected chi connectivity index (χ0v) is 13.7. The summed E-state index contributed by atoms with van der Waals surface area (Å²) in [5.74, 6) is 0.276. The van der Waals surface area contributed by atoms with Crippen LogP contribution in [0.2, 0.25) is 0 Å². The molecular formula is C19H24N2O2. The third-order valence-electron chi connectivity index (χ3n) is 3.78. The van der Waals surface area contributed by atoms with Crippen molar-refractivity contribution in [1.82, 2.24) is 10.2 Å². The van der Waals surface area contributed by atoms with E-state index < -0.39 is 0 Å². The fraction of sp³-hybridized carbons (Fsp3) is 0.316. The molecule has 2 aromatic carbocycles. The fourth-order valence-electron chi connectivity index (χ4n) is 2.37. The van der Waals surface area contributed by atoms with Gasteiger partial charge in [0.25, 0.3) is 0 Å². The van der Waals surface area contributed by atoms with E-state index in [-0.39, 0.29) is 17.8 Å². The Hall–Kier alpha value is -2.49. The van der Waals surface area contributed by atoms with Gasteiger partial charge >= 0.3 is 6.03 Å². The molecule has 23 heavy (non-hydrogen) atoms. The Morgan fingerprint density at radius 1 is 1.09 bits per heavy atom. The highest BCUT2D eigenvalue weighted by atomic mass is 16.3. The lowest BCUT2D eigenvalue weighted by Gasteiger charge is -2.21. The summed E-state index contributed by atoms with van der Waals surface area (Å²) in [5.41, 5.74) is 2.27. The SMILES string of the molecule is CC(CCc1ccc(O)cc1)NC(=O)N(C)Cc1ccccc1. The van der Waals surface area contributed by atoms with Crippen LogP contribution in [0.15, 0.2) is 54.6 Å². The molecule has 0 aliphatic rings. The van der Waals surface area contributed by atoms with Crippen LogP contribution in [-0.2, 0) is 13.0 Å². The Bertz CT molecular complexity index is 611. The van der Waals surface area contributed by atoms with E-state index in [0.717, 1.165) is 24.0 Å². The van der Waals surface area contributed by atoms with Crippen LogP contribution in [0.1, 0.15) is 24.5 Å². The molecular weight excluding hydrogens is 288 g/mol. The molecule has 1 unspecified atom stereocenters. The van der Waals surface area contributed by atoms with Crippen molar-refractivity contribution in [1.29, 1.82) is 0 Å². The van der Waals surface area contributed by atoms with E-state index in [2.05, 4.69) is 5.32 Å². The predicted octanol–water partition coefficient (Wildman–Crippen LogP) is 3.55. The van der Waals surface area contributed by atoms with Gasteiger partial charge in [-0.05, 0) is 43.0 Å². The number of phenols is 1. The maximum absolute atomic E-state index is 12.2. The average Bonchev–Trinajstić information content (AvgIpc) is 2.55. The first-order valence-electron chi connectivity index (χ1n) is 7.88. The third-order valence-corrected chi connectivity index (χ3v) is 3.78. The van der Waals surface area contributed by atoms with Gasteiger partial charge in [-0.15, -0.1) is 0 Å². The normalized spacial score (nSPS) is 11.7. The summed E-state index contributed by atoms with van der Waals surface area (Å²) >= 11 is 0. The van der Waals surface area contributed by atoms with E-state index in [1.807, 2.05) is 49.4 Å². The number of nitrogens with zero attached hydrogens (tertiary/aromatic N) is 1. The number of hydrogen-bond donors (Lipinski definition) is 2. The zero-order chi connectivity index (χ0) is 16.7. The summed E-state index contributed by atoms with van der Waals surface area (Å²) in [5, 5.41) is 12.3. The maximum atomic E-state index is 12.2. The van der Waals surface area contributed by atoms with Gasteiger partial charge < -0.3 is 15.3 Å². The Labute approximate surface area is 137 Å². The van der Waals surface area contributed by atoms with E-state index in [1.54, 1.807) is 24.1 Å². The second-order valence-corrected chi connectivity index (χ2v) is 5.90. The smallest absolute Gasteiger partial charge is 0.317 e. The topological polar surface area (TPSA) is 52.6 Å². The van der Waals surface area contributed by atoms with Gasteiger partial charge in [0.2, 0.25) is 0 Å². The van der Waals surface area contributed by atoms with Gasteiger partial charge in [0.05, 0.1) is 0 Å². The number of aromatic hydroxyl groups is 1. The van der Waals surface area contributed by atoms with Crippen molar-refractivity contribution in [3.8, 4) is 5.75 Å². The highest BCUT2D eigenvalue weighted by Crippen LogP contribution is 2.12. The molecule has 2 aromatic rings. The van der Waals surface area contributed by atoms with Gasteiger partial charge in [0.1, 0.15) is 5.75 Å². The first-order valence-corrected chi connectivity index (χ1v) is 7.88. The zero-order valence-electron chi connectivity index (χ0n) is 13.7. The average molecular weight is 312 g/mol. The number of phenolic OH excluding ortho intramolecular Hbond substituents is 1. The van der Waals surface area contributed by atoms with Crippen LogP contribution in [0.4, 0.5) is 4.79 Å². The van der Waals surface area contributed by atoms with E-state index in [1.165, 1.54) is 0 Å². The summed E-state index contributed by atoms with van der Waals surface area (Å²) in [6, 6.07) is 17.2. The summed E-state index contributed by atoms with van der Waals surface area (Å²) in [6.45, 7) is 2.60. The van der Waals surface area contributed by atoms with Crippen LogP contribution in [0.25, 0.3) is 0 Å². The Balaban J connectivity index is 1.76. The number of nitrogens with one attached hydrogen (secondary N) is 1. The van der Waals surface area contributed by atoms with Crippen molar-refractivity contribution in [2.24, 2.45) is 0 Å². The molecule has 2 amide bonds. The van der Waals surface area contributed by atoms with Crippen molar-refractivity contribution in [2.45, 2.75) is 32.4 Å². The number of carbonyl (C=O) groups is 1. The molecule has 0 bridgehead atoms. The number of amides is 2. The van der Waals surface area contributed by atoms with Crippen LogP contribution in [-0.4, -0.2) is 29.1 Å². The number of benzene rings is 2. The summed E-state index contributed by atoms with van der Waals surface area (Å²) < 4.78 is 0. The number of hydrogen-bond acceptors (Lipinski definition) is 2. The van der Waals surface area contributed by atoms with Crippen LogP contribution in [0.5, 0.6) is 5.75 Å². The largest absolute Gasteiger partial charge is 0.508 e.